The first-order chi connectivity index (χ1) is 15.0. The molecule has 164 valence electrons. The number of hydrogen-bond donors (Lipinski definition) is 2. The summed E-state index contributed by atoms with van der Waals surface area (Å²) in [5.74, 6) is 0.300. The van der Waals surface area contributed by atoms with Gasteiger partial charge in [-0.25, -0.2) is 4.98 Å². The van der Waals surface area contributed by atoms with Gasteiger partial charge in [-0.3, -0.25) is 14.2 Å². The molecule has 9 nitrogen and oxygen atoms in total. The molecule has 1 atom stereocenters. The zero-order chi connectivity index (χ0) is 22.2. The number of benzene rings is 1. The fraction of sp³-hybridized carbons (Fsp3) is 0.350. The molecule has 1 amide bonds. The van der Waals surface area contributed by atoms with Crippen LogP contribution in [0, 0.1) is 0 Å². The highest BCUT2D eigenvalue weighted by molar-refractivity contribution is 7.99. The van der Waals surface area contributed by atoms with Crippen LogP contribution >= 0.6 is 23.1 Å². The minimum atomic E-state index is -0.633. The number of hydrogen-bond acceptors (Lipinski definition) is 9. The van der Waals surface area contributed by atoms with Gasteiger partial charge < -0.3 is 15.8 Å². The molecule has 0 spiro atoms. The first-order valence-corrected chi connectivity index (χ1v) is 11.6. The van der Waals surface area contributed by atoms with E-state index >= 15 is 0 Å². The monoisotopic (exact) mass is 460 g/mol. The highest BCUT2D eigenvalue weighted by atomic mass is 32.2. The highest BCUT2D eigenvalue weighted by Crippen LogP contribution is 2.25. The van der Waals surface area contributed by atoms with Gasteiger partial charge in [-0.05, 0) is 25.8 Å². The summed E-state index contributed by atoms with van der Waals surface area (Å²) in [5, 5.41) is 13.5. The Hall–Kier alpha value is -2.92. The Morgan fingerprint density at radius 3 is 2.81 bits per heavy atom. The average Bonchev–Trinajstić information content (AvgIpc) is 3.34. The van der Waals surface area contributed by atoms with E-state index in [0.717, 1.165) is 12.2 Å². The van der Waals surface area contributed by atoms with Crippen molar-refractivity contribution in [3.05, 3.63) is 47.0 Å². The van der Waals surface area contributed by atoms with Crippen LogP contribution in [0.1, 0.15) is 31.1 Å². The number of nitrogens with one attached hydrogen (secondary N) is 1. The fourth-order valence-electron chi connectivity index (χ4n) is 2.79. The lowest BCUT2D eigenvalue weighted by Crippen LogP contribution is -2.25. The summed E-state index contributed by atoms with van der Waals surface area (Å²) in [5.41, 5.74) is 7.75. The van der Waals surface area contributed by atoms with Gasteiger partial charge >= 0.3 is 5.97 Å². The number of ether oxygens (including phenoxy) is 1. The van der Waals surface area contributed by atoms with Gasteiger partial charge in [0.15, 0.2) is 10.3 Å². The van der Waals surface area contributed by atoms with E-state index < -0.39 is 6.04 Å². The molecule has 0 saturated heterocycles. The van der Waals surface area contributed by atoms with Crippen LogP contribution in [0.2, 0.25) is 0 Å². The Labute approximate surface area is 188 Å². The molecule has 0 radical (unpaired) electrons. The Kier molecular flexibility index (Phi) is 8.01. The van der Waals surface area contributed by atoms with E-state index in [1.54, 1.807) is 23.8 Å². The lowest BCUT2D eigenvalue weighted by molar-refractivity contribution is -0.142. The van der Waals surface area contributed by atoms with E-state index in [1.165, 1.54) is 28.7 Å². The molecule has 1 unspecified atom stereocenters. The smallest absolute Gasteiger partial charge is 0.311 e. The summed E-state index contributed by atoms with van der Waals surface area (Å²) in [6.45, 7) is 3.79. The van der Waals surface area contributed by atoms with Gasteiger partial charge in [0.1, 0.15) is 6.04 Å². The molecule has 2 aromatic heterocycles. The summed E-state index contributed by atoms with van der Waals surface area (Å²) in [6, 6.07) is 9.50. The molecule has 0 saturated carbocycles. The molecular weight excluding hydrogens is 436 g/mol. The quantitative estimate of drug-likeness (QED) is 0.349. The molecule has 0 aliphatic heterocycles. The predicted octanol–water partition coefficient (Wildman–Crippen LogP) is 2.96. The Morgan fingerprint density at radius 2 is 2.06 bits per heavy atom. The molecule has 3 N–H and O–H groups in total. The number of nitrogens with two attached hydrogens (primary N) is 1. The molecular formula is C20H24N6O3S2. The third-order valence-corrected chi connectivity index (χ3v) is 6.09. The molecule has 0 aliphatic rings. The maximum absolute atomic E-state index is 12.8. The minimum Gasteiger partial charge on any atom is -0.466 e. The van der Waals surface area contributed by atoms with Gasteiger partial charge in [0, 0.05) is 11.1 Å². The molecule has 3 aromatic rings. The van der Waals surface area contributed by atoms with Crippen LogP contribution in [0.15, 0.2) is 40.9 Å². The standard InChI is InChI=1S/C20H24N6O3S2/c1-3-29-16(27)11-15-12-31-19(22-15)23-17(28)13(2)26-18(21)24-25-20(26)30-10-9-14-7-5-4-6-8-14/h4-8,12-13H,3,9-11H2,1-2H3,(H2,21,24)(H,22,23,28). The Balaban J connectivity index is 1.60. The number of thioether (sulfide) groups is 1. The van der Waals surface area contributed by atoms with Crippen molar-refractivity contribution < 1.29 is 14.3 Å². The van der Waals surface area contributed by atoms with Crippen LogP contribution in [0.3, 0.4) is 0 Å². The fourth-order valence-corrected chi connectivity index (χ4v) is 4.51. The summed E-state index contributed by atoms with van der Waals surface area (Å²) in [6.07, 6.45) is 0.928. The third-order valence-electron chi connectivity index (χ3n) is 4.34. The number of esters is 1. The van der Waals surface area contributed by atoms with Crippen LogP contribution in [-0.2, 0) is 27.2 Å². The second-order valence-corrected chi connectivity index (χ2v) is 8.51. The normalized spacial score (nSPS) is 11.8. The number of carbonyl (C=O) groups excluding carboxylic acids is 2. The van der Waals surface area contributed by atoms with Crippen molar-refractivity contribution in [3.63, 3.8) is 0 Å². The maximum Gasteiger partial charge on any atom is 0.311 e. The van der Waals surface area contributed by atoms with Crippen molar-refractivity contribution in [3.8, 4) is 0 Å². The number of thiazole rings is 1. The molecule has 11 heteroatoms. The second kappa shape index (κ2) is 10.9. The van der Waals surface area contributed by atoms with Gasteiger partial charge in [0.25, 0.3) is 0 Å². The first kappa shape index (κ1) is 22.8. The second-order valence-electron chi connectivity index (χ2n) is 6.59. The van der Waals surface area contributed by atoms with Gasteiger partial charge in [-0.2, -0.15) is 0 Å². The van der Waals surface area contributed by atoms with Gasteiger partial charge in [0.05, 0.1) is 18.7 Å². The van der Waals surface area contributed by atoms with E-state index in [2.05, 4.69) is 32.6 Å². The van der Waals surface area contributed by atoms with Gasteiger partial charge in [0.2, 0.25) is 11.9 Å². The number of amides is 1. The van der Waals surface area contributed by atoms with Crippen LogP contribution < -0.4 is 11.1 Å². The zero-order valence-corrected chi connectivity index (χ0v) is 18.9. The Bertz CT molecular complexity index is 1020. The Morgan fingerprint density at radius 1 is 1.29 bits per heavy atom. The number of nitrogens with zero attached hydrogens (tertiary/aromatic N) is 4. The molecule has 2 heterocycles. The molecule has 0 bridgehead atoms. The van der Waals surface area contributed by atoms with Crippen molar-refractivity contribution in [1.29, 1.82) is 0 Å². The summed E-state index contributed by atoms with van der Waals surface area (Å²) in [7, 11) is 0. The van der Waals surface area contributed by atoms with E-state index in [9.17, 15) is 9.59 Å². The number of aryl methyl sites for hydroxylation is 1. The number of anilines is 2. The average molecular weight is 461 g/mol. The highest BCUT2D eigenvalue weighted by Gasteiger charge is 2.23. The van der Waals surface area contributed by atoms with Gasteiger partial charge in [-0.15, -0.1) is 21.5 Å². The third kappa shape index (κ3) is 6.28. The molecule has 1 aromatic carbocycles. The van der Waals surface area contributed by atoms with Crippen molar-refractivity contribution in [1.82, 2.24) is 19.7 Å². The molecule has 0 fully saturated rings. The predicted molar refractivity (Wildman–Crippen MR) is 121 cm³/mol. The summed E-state index contributed by atoms with van der Waals surface area (Å²) >= 11 is 2.74. The van der Waals surface area contributed by atoms with E-state index in [0.29, 0.717) is 22.6 Å². The van der Waals surface area contributed by atoms with Crippen LogP contribution in [0.25, 0.3) is 0 Å². The van der Waals surface area contributed by atoms with Crippen LogP contribution in [-0.4, -0.2) is 44.0 Å². The molecule has 3 rings (SSSR count). The largest absolute Gasteiger partial charge is 0.466 e. The van der Waals surface area contributed by atoms with Gasteiger partial charge in [-0.1, -0.05) is 42.1 Å². The topological polar surface area (TPSA) is 125 Å². The number of carbonyl (C=O) groups is 2. The molecule has 0 aliphatic carbocycles. The SMILES string of the molecule is CCOC(=O)Cc1csc(NC(=O)C(C)n2c(N)nnc2SCCc2ccccc2)n1. The van der Waals surface area contributed by atoms with Crippen molar-refractivity contribution in [2.45, 2.75) is 37.9 Å². The van der Waals surface area contributed by atoms with Crippen LogP contribution in [0.4, 0.5) is 11.1 Å². The van der Waals surface area contributed by atoms with E-state index in [4.69, 9.17) is 10.5 Å². The molecule has 31 heavy (non-hydrogen) atoms. The summed E-state index contributed by atoms with van der Waals surface area (Å²) in [4.78, 5) is 28.6. The lowest BCUT2D eigenvalue weighted by Gasteiger charge is -2.15. The van der Waals surface area contributed by atoms with Crippen molar-refractivity contribution >= 4 is 46.1 Å². The maximum atomic E-state index is 12.8. The lowest BCUT2D eigenvalue weighted by atomic mass is 10.2. The summed E-state index contributed by atoms with van der Waals surface area (Å²) < 4.78 is 6.52. The van der Waals surface area contributed by atoms with Crippen LogP contribution in [0.5, 0.6) is 0 Å². The van der Waals surface area contributed by atoms with Crippen molar-refractivity contribution in [2.24, 2.45) is 0 Å². The minimum absolute atomic E-state index is 0.0658. The zero-order valence-electron chi connectivity index (χ0n) is 17.3. The van der Waals surface area contributed by atoms with Crippen molar-refractivity contribution in [2.75, 3.05) is 23.4 Å². The first-order valence-electron chi connectivity index (χ1n) is 9.76. The number of rotatable bonds is 10. The van der Waals surface area contributed by atoms with E-state index in [1.807, 2.05) is 18.2 Å². The number of aromatic nitrogens is 4. The number of nitrogen functional groups attached to an aromatic ring is 1. The van der Waals surface area contributed by atoms with E-state index in [-0.39, 0.29) is 24.2 Å².